The second-order valence-electron chi connectivity index (χ2n) is 4.11. The predicted octanol–water partition coefficient (Wildman–Crippen LogP) is 0.874. The summed E-state index contributed by atoms with van der Waals surface area (Å²) in [6.07, 6.45) is 2.99. The molecule has 1 amide bonds. The van der Waals surface area contributed by atoms with Gasteiger partial charge in [0.2, 0.25) is 5.91 Å². The summed E-state index contributed by atoms with van der Waals surface area (Å²) in [6, 6.07) is 3.32. The van der Waals surface area contributed by atoms with Gasteiger partial charge in [0, 0.05) is 6.42 Å². The van der Waals surface area contributed by atoms with Crippen molar-refractivity contribution >= 4 is 11.9 Å². The van der Waals surface area contributed by atoms with E-state index in [0.29, 0.717) is 5.56 Å². The van der Waals surface area contributed by atoms with E-state index in [1.165, 1.54) is 25.3 Å². The molecule has 6 heteroatoms. The lowest BCUT2D eigenvalue weighted by Gasteiger charge is -2.15. The smallest absolute Gasteiger partial charge is 0.328 e. The van der Waals surface area contributed by atoms with Crippen molar-refractivity contribution in [3.8, 4) is 11.5 Å². The van der Waals surface area contributed by atoms with Crippen molar-refractivity contribution < 1.29 is 24.5 Å². The Balaban J connectivity index is 2.86. The third-order valence-corrected chi connectivity index (χ3v) is 2.60. The van der Waals surface area contributed by atoms with Crippen molar-refractivity contribution in [3.05, 3.63) is 35.9 Å². The highest BCUT2D eigenvalue weighted by Crippen LogP contribution is 2.25. The molecule has 0 saturated carbocycles. The average molecular weight is 279 g/mol. The van der Waals surface area contributed by atoms with Crippen molar-refractivity contribution in [1.29, 1.82) is 0 Å². The summed E-state index contributed by atoms with van der Waals surface area (Å²) in [7, 11) is 1.23. The zero-order chi connectivity index (χ0) is 15.1. The summed E-state index contributed by atoms with van der Waals surface area (Å²) in [6.45, 7) is 1.69. The molecular formula is C14H17NO5. The van der Waals surface area contributed by atoms with Gasteiger partial charge < -0.3 is 20.3 Å². The van der Waals surface area contributed by atoms with Gasteiger partial charge in [-0.15, -0.1) is 0 Å². The Bertz CT molecular complexity index is 524. The number of hydrogen-bond donors (Lipinski definition) is 3. The summed E-state index contributed by atoms with van der Waals surface area (Å²) < 4.78 is 4.63. The molecule has 20 heavy (non-hydrogen) atoms. The lowest BCUT2D eigenvalue weighted by atomic mass is 10.1. The van der Waals surface area contributed by atoms with E-state index in [0.717, 1.165) is 0 Å². The maximum Gasteiger partial charge on any atom is 0.328 e. The molecule has 0 radical (unpaired) electrons. The van der Waals surface area contributed by atoms with E-state index in [1.807, 2.05) is 0 Å². The SMILES string of the molecule is CC=CC(=O)N[C@@H](Cc1ccc(O)c(O)c1)C(=O)OC. The van der Waals surface area contributed by atoms with Gasteiger partial charge in [-0.2, -0.15) is 0 Å². The van der Waals surface area contributed by atoms with Gasteiger partial charge >= 0.3 is 5.97 Å². The van der Waals surface area contributed by atoms with E-state index in [4.69, 9.17) is 0 Å². The van der Waals surface area contributed by atoms with Crippen LogP contribution in [0.15, 0.2) is 30.4 Å². The van der Waals surface area contributed by atoms with E-state index in [-0.39, 0.29) is 17.9 Å². The van der Waals surface area contributed by atoms with Gasteiger partial charge in [0.05, 0.1) is 7.11 Å². The molecule has 108 valence electrons. The molecule has 0 aliphatic heterocycles. The Morgan fingerprint density at radius 1 is 1.35 bits per heavy atom. The van der Waals surface area contributed by atoms with Gasteiger partial charge in [0.25, 0.3) is 0 Å². The van der Waals surface area contributed by atoms with Crippen LogP contribution in [0.25, 0.3) is 0 Å². The highest BCUT2D eigenvalue weighted by Gasteiger charge is 2.21. The van der Waals surface area contributed by atoms with Gasteiger partial charge in [0.1, 0.15) is 6.04 Å². The number of benzene rings is 1. The van der Waals surface area contributed by atoms with Crippen LogP contribution in [-0.4, -0.2) is 35.2 Å². The predicted molar refractivity (Wildman–Crippen MR) is 72.2 cm³/mol. The number of esters is 1. The van der Waals surface area contributed by atoms with Gasteiger partial charge in [-0.3, -0.25) is 4.79 Å². The Morgan fingerprint density at radius 3 is 2.60 bits per heavy atom. The molecule has 0 fully saturated rings. The van der Waals surface area contributed by atoms with Crippen LogP contribution in [0.2, 0.25) is 0 Å². The van der Waals surface area contributed by atoms with Crippen molar-refractivity contribution in [2.24, 2.45) is 0 Å². The second-order valence-corrected chi connectivity index (χ2v) is 4.11. The number of carbonyl (C=O) groups excluding carboxylic acids is 2. The van der Waals surface area contributed by atoms with Crippen molar-refractivity contribution in [2.45, 2.75) is 19.4 Å². The fourth-order valence-corrected chi connectivity index (χ4v) is 1.64. The molecule has 1 rings (SSSR count). The lowest BCUT2D eigenvalue weighted by Crippen LogP contribution is -2.42. The number of phenolic OH excluding ortho intramolecular Hbond substituents is 2. The normalized spacial score (nSPS) is 12.1. The molecular weight excluding hydrogens is 262 g/mol. The molecule has 0 unspecified atom stereocenters. The number of allylic oxidation sites excluding steroid dienone is 1. The number of hydrogen-bond acceptors (Lipinski definition) is 5. The fourth-order valence-electron chi connectivity index (χ4n) is 1.64. The minimum Gasteiger partial charge on any atom is -0.504 e. The number of nitrogens with one attached hydrogen (secondary N) is 1. The minimum absolute atomic E-state index is 0.143. The zero-order valence-corrected chi connectivity index (χ0v) is 11.3. The van der Waals surface area contributed by atoms with Crippen molar-refractivity contribution in [2.75, 3.05) is 7.11 Å². The molecule has 0 heterocycles. The van der Waals surface area contributed by atoms with E-state index in [1.54, 1.807) is 19.1 Å². The van der Waals surface area contributed by atoms with E-state index < -0.39 is 17.9 Å². The summed E-state index contributed by atoms with van der Waals surface area (Å²) >= 11 is 0. The zero-order valence-electron chi connectivity index (χ0n) is 11.3. The van der Waals surface area contributed by atoms with Crippen molar-refractivity contribution in [3.63, 3.8) is 0 Å². The van der Waals surface area contributed by atoms with Gasteiger partial charge in [-0.25, -0.2) is 4.79 Å². The Labute approximate surface area is 116 Å². The van der Waals surface area contributed by atoms with Crippen LogP contribution < -0.4 is 5.32 Å². The van der Waals surface area contributed by atoms with Crippen LogP contribution in [0.3, 0.4) is 0 Å². The first kappa shape index (κ1) is 15.6. The Kier molecular flexibility index (Phi) is 5.58. The maximum absolute atomic E-state index is 11.6. The summed E-state index contributed by atoms with van der Waals surface area (Å²) in [5.41, 5.74) is 0.580. The first-order chi connectivity index (χ1) is 9.47. The number of amides is 1. The van der Waals surface area contributed by atoms with Gasteiger partial charge in [-0.05, 0) is 30.7 Å². The van der Waals surface area contributed by atoms with E-state index >= 15 is 0 Å². The van der Waals surface area contributed by atoms with Crippen LogP contribution in [-0.2, 0) is 20.7 Å². The fraction of sp³-hybridized carbons (Fsp3) is 0.286. The molecule has 1 atom stereocenters. The number of methoxy groups -OCH3 is 1. The molecule has 0 saturated heterocycles. The monoisotopic (exact) mass is 279 g/mol. The quantitative estimate of drug-likeness (QED) is 0.422. The molecule has 1 aromatic carbocycles. The molecule has 0 spiro atoms. The highest BCUT2D eigenvalue weighted by molar-refractivity contribution is 5.91. The molecule has 3 N–H and O–H groups in total. The summed E-state index contributed by atoms with van der Waals surface area (Å²) in [4.78, 5) is 23.1. The van der Waals surface area contributed by atoms with E-state index in [9.17, 15) is 19.8 Å². The van der Waals surface area contributed by atoms with Gasteiger partial charge in [-0.1, -0.05) is 12.1 Å². The standard InChI is InChI=1S/C14H17NO5/c1-3-4-13(18)15-10(14(19)20-2)7-9-5-6-11(16)12(17)8-9/h3-6,8,10,16-17H,7H2,1-2H3,(H,15,18)/t10-/m0/s1. The molecule has 1 aromatic rings. The Morgan fingerprint density at radius 2 is 2.05 bits per heavy atom. The van der Waals surface area contributed by atoms with Crippen LogP contribution in [0.1, 0.15) is 12.5 Å². The second kappa shape index (κ2) is 7.18. The van der Waals surface area contributed by atoms with Crippen LogP contribution in [0, 0.1) is 0 Å². The summed E-state index contributed by atoms with van der Waals surface area (Å²) in [5, 5.41) is 21.1. The van der Waals surface area contributed by atoms with Crippen LogP contribution in [0.5, 0.6) is 11.5 Å². The van der Waals surface area contributed by atoms with Gasteiger partial charge in [0.15, 0.2) is 11.5 Å². The first-order valence-electron chi connectivity index (χ1n) is 5.99. The molecule has 0 bridgehead atoms. The third kappa shape index (κ3) is 4.31. The topological polar surface area (TPSA) is 95.9 Å². The number of carbonyl (C=O) groups is 2. The summed E-state index contributed by atoms with van der Waals surface area (Å²) in [5.74, 6) is -1.53. The number of aromatic hydroxyl groups is 2. The van der Waals surface area contributed by atoms with Crippen molar-refractivity contribution in [1.82, 2.24) is 5.32 Å². The number of rotatable bonds is 5. The van der Waals surface area contributed by atoms with Crippen LogP contribution >= 0.6 is 0 Å². The molecule has 0 aromatic heterocycles. The largest absolute Gasteiger partial charge is 0.504 e. The first-order valence-corrected chi connectivity index (χ1v) is 5.99. The average Bonchev–Trinajstić information content (AvgIpc) is 2.41. The third-order valence-electron chi connectivity index (χ3n) is 2.60. The molecule has 0 aliphatic rings. The Hall–Kier alpha value is -2.50. The molecule has 0 aliphatic carbocycles. The lowest BCUT2D eigenvalue weighted by molar-refractivity contribution is -0.144. The maximum atomic E-state index is 11.6. The van der Waals surface area contributed by atoms with Crippen LogP contribution in [0.4, 0.5) is 0 Å². The van der Waals surface area contributed by atoms with E-state index in [2.05, 4.69) is 10.1 Å². The number of phenols is 2. The molecule has 6 nitrogen and oxygen atoms in total. The minimum atomic E-state index is -0.868. The number of ether oxygens (including phenoxy) is 1. The highest BCUT2D eigenvalue weighted by atomic mass is 16.5.